The first kappa shape index (κ1) is 13.4. The van der Waals surface area contributed by atoms with Crippen molar-refractivity contribution in [3.05, 3.63) is 11.2 Å². The number of aliphatic hydroxyl groups is 1. The average Bonchev–Trinajstić information content (AvgIpc) is 2.98. The van der Waals surface area contributed by atoms with Gasteiger partial charge in [0.25, 0.3) is 10.0 Å². The molecule has 9 heteroatoms. The van der Waals surface area contributed by atoms with E-state index in [4.69, 9.17) is 10.2 Å². The number of aliphatic hydroxyl groups excluding tert-OH is 1. The van der Waals surface area contributed by atoms with Gasteiger partial charge in [0, 0.05) is 19.7 Å². The predicted octanol–water partition coefficient (Wildman–Crippen LogP) is -0.156. The summed E-state index contributed by atoms with van der Waals surface area (Å²) in [6, 6.07) is 0. The van der Waals surface area contributed by atoms with Crippen molar-refractivity contribution >= 4 is 27.3 Å². The number of nitrogens with zero attached hydrogens (tertiary/aromatic N) is 2. The van der Waals surface area contributed by atoms with Gasteiger partial charge in [-0.25, -0.2) is 18.2 Å². The molecule has 7 nitrogen and oxygen atoms in total. The Kier molecular flexibility index (Phi) is 3.66. The van der Waals surface area contributed by atoms with Crippen LogP contribution < -0.4 is 0 Å². The molecule has 0 saturated carbocycles. The summed E-state index contributed by atoms with van der Waals surface area (Å²) in [6.45, 7) is 0.445. The zero-order valence-corrected chi connectivity index (χ0v) is 10.9. The average molecular weight is 292 g/mol. The molecule has 1 aliphatic rings. The van der Waals surface area contributed by atoms with E-state index in [-0.39, 0.29) is 23.3 Å². The van der Waals surface area contributed by atoms with Crippen LogP contribution in [0.4, 0.5) is 0 Å². The number of aromatic carboxylic acids is 1. The summed E-state index contributed by atoms with van der Waals surface area (Å²) < 4.78 is 25.4. The summed E-state index contributed by atoms with van der Waals surface area (Å²) in [6.07, 6.45) is 0.580. The first-order valence-corrected chi connectivity index (χ1v) is 7.56. The normalized spacial score (nSPS) is 21.3. The van der Waals surface area contributed by atoms with Gasteiger partial charge in [0.2, 0.25) is 0 Å². The molecule has 0 amide bonds. The molecule has 18 heavy (non-hydrogen) atoms. The Labute approximate surface area is 108 Å². The maximum atomic E-state index is 12.2. The van der Waals surface area contributed by atoms with E-state index < -0.39 is 21.7 Å². The molecule has 2 heterocycles. The van der Waals surface area contributed by atoms with Crippen molar-refractivity contribution in [2.75, 3.05) is 19.7 Å². The van der Waals surface area contributed by atoms with E-state index in [1.807, 2.05) is 0 Å². The SMILES string of the molecule is O=C(O)c1ncsc1S(=O)(=O)N1CCC(CO)C1. The highest BCUT2D eigenvalue weighted by Gasteiger charge is 2.36. The molecule has 0 bridgehead atoms. The Bertz CT molecular complexity index is 553. The van der Waals surface area contributed by atoms with E-state index in [9.17, 15) is 13.2 Å². The van der Waals surface area contributed by atoms with Crippen LogP contribution in [0.15, 0.2) is 9.72 Å². The largest absolute Gasteiger partial charge is 0.476 e. The minimum Gasteiger partial charge on any atom is -0.476 e. The molecule has 0 radical (unpaired) electrons. The summed E-state index contributed by atoms with van der Waals surface area (Å²) in [5.41, 5.74) is 0.767. The van der Waals surface area contributed by atoms with Crippen LogP contribution in [-0.2, 0) is 10.0 Å². The van der Waals surface area contributed by atoms with Gasteiger partial charge in [-0.15, -0.1) is 11.3 Å². The van der Waals surface area contributed by atoms with E-state index >= 15 is 0 Å². The third kappa shape index (κ3) is 2.26. The molecule has 100 valence electrons. The van der Waals surface area contributed by atoms with Crippen LogP contribution in [0.3, 0.4) is 0 Å². The van der Waals surface area contributed by atoms with E-state index in [2.05, 4.69) is 4.98 Å². The number of carboxylic acids is 1. The van der Waals surface area contributed by atoms with E-state index in [1.165, 1.54) is 9.82 Å². The standard InChI is InChI=1S/C9H12N2O5S2/c12-4-6-1-2-11(3-6)18(15,16)9-7(8(13)14)10-5-17-9/h5-6,12H,1-4H2,(H,13,14). The molecule has 1 saturated heterocycles. The lowest BCUT2D eigenvalue weighted by molar-refractivity contribution is 0.0687. The van der Waals surface area contributed by atoms with Crippen LogP contribution in [0, 0.1) is 5.92 Å². The van der Waals surface area contributed by atoms with Crippen LogP contribution in [-0.4, -0.2) is 53.6 Å². The van der Waals surface area contributed by atoms with Crippen molar-refractivity contribution in [3.63, 3.8) is 0 Å². The first-order valence-electron chi connectivity index (χ1n) is 5.24. The summed E-state index contributed by atoms with van der Waals surface area (Å²) >= 11 is 0.796. The molecule has 0 aliphatic carbocycles. The van der Waals surface area contributed by atoms with Crippen LogP contribution in [0.2, 0.25) is 0 Å². The van der Waals surface area contributed by atoms with Crippen LogP contribution in [0.1, 0.15) is 16.9 Å². The maximum absolute atomic E-state index is 12.2. The summed E-state index contributed by atoms with van der Waals surface area (Å²) in [4.78, 5) is 14.4. The topological polar surface area (TPSA) is 108 Å². The van der Waals surface area contributed by atoms with E-state index in [1.54, 1.807) is 0 Å². The Balaban J connectivity index is 2.32. The van der Waals surface area contributed by atoms with E-state index in [0.717, 1.165) is 11.3 Å². The van der Waals surface area contributed by atoms with Gasteiger partial charge in [-0.1, -0.05) is 0 Å². The van der Waals surface area contributed by atoms with Gasteiger partial charge in [0.1, 0.15) is 0 Å². The zero-order valence-electron chi connectivity index (χ0n) is 9.31. The van der Waals surface area contributed by atoms with Gasteiger partial charge in [-0.05, 0) is 12.3 Å². The van der Waals surface area contributed by atoms with Crippen molar-refractivity contribution in [1.82, 2.24) is 9.29 Å². The molecular formula is C9H12N2O5S2. The zero-order chi connectivity index (χ0) is 13.3. The van der Waals surface area contributed by atoms with Crippen molar-refractivity contribution in [3.8, 4) is 0 Å². The Morgan fingerprint density at radius 2 is 2.33 bits per heavy atom. The number of sulfonamides is 1. The summed E-state index contributed by atoms with van der Waals surface area (Å²) in [5, 5.41) is 17.9. The van der Waals surface area contributed by atoms with Gasteiger partial charge in [0.05, 0.1) is 5.51 Å². The molecule has 1 unspecified atom stereocenters. The van der Waals surface area contributed by atoms with Crippen molar-refractivity contribution in [2.45, 2.75) is 10.6 Å². The summed E-state index contributed by atoms with van der Waals surface area (Å²) in [7, 11) is -3.82. The molecule has 2 N–H and O–H groups in total. The second kappa shape index (κ2) is 4.92. The van der Waals surface area contributed by atoms with Crippen LogP contribution in [0.5, 0.6) is 0 Å². The van der Waals surface area contributed by atoms with Crippen molar-refractivity contribution in [2.24, 2.45) is 5.92 Å². The third-order valence-corrected chi connectivity index (χ3v) is 6.03. The van der Waals surface area contributed by atoms with Crippen LogP contribution in [0.25, 0.3) is 0 Å². The maximum Gasteiger partial charge on any atom is 0.356 e. The predicted molar refractivity (Wildman–Crippen MR) is 63.0 cm³/mol. The first-order chi connectivity index (χ1) is 8.46. The monoisotopic (exact) mass is 292 g/mol. The fourth-order valence-electron chi connectivity index (χ4n) is 1.84. The number of carboxylic acid groups (broad SMARTS) is 1. The summed E-state index contributed by atoms with van der Waals surface area (Å²) in [5.74, 6) is -1.44. The fraction of sp³-hybridized carbons (Fsp3) is 0.556. The molecule has 1 atom stereocenters. The Hall–Kier alpha value is -1.03. The van der Waals surface area contributed by atoms with Gasteiger partial charge in [-0.3, -0.25) is 0 Å². The third-order valence-electron chi connectivity index (χ3n) is 2.82. The number of aromatic nitrogens is 1. The van der Waals surface area contributed by atoms with Gasteiger partial charge >= 0.3 is 5.97 Å². The van der Waals surface area contributed by atoms with Gasteiger partial charge in [0.15, 0.2) is 9.90 Å². The van der Waals surface area contributed by atoms with Crippen molar-refractivity contribution in [1.29, 1.82) is 0 Å². The fourth-order valence-corrected chi connectivity index (χ4v) is 4.65. The number of hydrogen-bond acceptors (Lipinski definition) is 6. The smallest absolute Gasteiger partial charge is 0.356 e. The molecule has 1 fully saturated rings. The highest BCUT2D eigenvalue weighted by molar-refractivity contribution is 7.91. The second-order valence-electron chi connectivity index (χ2n) is 3.99. The molecule has 1 aromatic rings. The molecular weight excluding hydrogens is 280 g/mol. The highest BCUT2D eigenvalue weighted by Crippen LogP contribution is 2.28. The van der Waals surface area contributed by atoms with Crippen molar-refractivity contribution < 1.29 is 23.4 Å². The second-order valence-corrected chi connectivity index (χ2v) is 6.98. The molecule has 2 rings (SSSR count). The lowest BCUT2D eigenvalue weighted by Gasteiger charge is -2.14. The molecule has 1 aliphatic heterocycles. The molecule has 0 aromatic carbocycles. The quantitative estimate of drug-likeness (QED) is 0.798. The van der Waals surface area contributed by atoms with E-state index in [0.29, 0.717) is 13.0 Å². The van der Waals surface area contributed by atoms with Crippen LogP contribution >= 0.6 is 11.3 Å². The lowest BCUT2D eigenvalue weighted by Crippen LogP contribution is -2.29. The molecule has 1 aromatic heterocycles. The number of rotatable bonds is 4. The highest BCUT2D eigenvalue weighted by atomic mass is 32.2. The minimum absolute atomic E-state index is 0.0690. The minimum atomic E-state index is -3.82. The lowest BCUT2D eigenvalue weighted by atomic mass is 10.1. The number of hydrogen-bond donors (Lipinski definition) is 2. The Morgan fingerprint density at radius 3 is 2.89 bits per heavy atom. The van der Waals surface area contributed by atoms with Gasteiger partial charge < -0.3 is 10.2 Å². The number of thiazole rings is 1. The number of carbonyl (C=O) groups is 1. The molecule has 0 spiro atoms. The Morgan fingerprint density at radius 1 is 1.61 bits per heavy atom. The van der Waals surface area contributed by atoms with Gasteiger partial charge in [-0.2, -0.15) is 4.31 Å².